The third kappa shape index (κ3) is 3.67. The maximum absolute atomic E-state index is 13.4. The molecule has 0 aliphatic heterocycles. The number of likely N-dealkylation sites (N-methyl/N-ethyl adjacent to an activating group) is 1. The van der Waals surface area contributed by atoms with E-state index in [0.29, 0.717) is 6.04 Å². The summed E-state index contributed by atoms with van der Waals surface area (Å²) < 4.78 is 19.2. The average Bonchev–Trinajstić information content (AvgIpc) is 2.76. The van der Waals surface area contributed by atoms with Gasteiger partial charge in [-0.2, -0.15) is 0 Å². The SMILES string of the molecule is CCNC(C)Cc1ccc(-c2cc(C)cc(F)c2)o1. The molecule has 2 nitrogen and oxygen atoms in total. The van der Waals surface area contributed by atoms with Gasteiger partial charge in [-0.05, 0) is 56.3 Å². The van der Waals surface area contributed by atoms with Crippen LogP contribution in [0.5, 0.6) is 0 Å². The standard InChI is InChI=1S/C16H20FNO/c1-4-18-12(3)9-15-5-6-16(19-15)13-7-11(2)8-14(17)10-13/h5-8,10,12,18H,4,9H2,1-3H3. The molecule has 1 unspecified atom stereocenters. The summed E-state index contributed by atoms with van der Waals surface area (Å²) >= 11 is 0. The molecule has 1 aromatic carbocycles. The van der Waals surface area contributed by atoms with Gasteiger partial charge >= 0.3 is 0 Å². The van der Waals surface area contributed by atoms with Gasteiger partial charge in [0.25, 0.3) is 0 Å². The van der Waals surface area contributed by atoms with Gasteiger partial charge in [0.05, 0.1) is 0 Å². The van der Waals surface area contributed by atoms with Crippen molar-refractivity contribution in [3.05, 3.63) is 47.5 Å². The van der Waals surface area contributed by atoms with E-state index in [1.807, 2.05) is 25.1 Å². The summed E-state index contributed by atoms with van der Waals surface area (Å²) in [7, 11) is 0. The van der Waals surface area contributed by atoms with Crippen LogP contribution in [-0.2, 0) is 6.42 Å². The van der Waals surface area contributed by atoms with Crippen molar-refractivity contribution in [2.24, 2.45) is 0 Å². The van der Waals surface area contributed by atoms with Crippen molar-refractivity contribution in [2.75, 3.05) is 6.54 Å². The number of rotatable bonds is 5. The Hall–Kier alpha value is -1.61. The number of hydrogen-bond donors (Lipinski definition) is 1. The van der Waals surface area contributed by atoms with Gasteiger partial charge in [0, 0.05) is 18.0 Å². The summed E-state index contributed by atoms with van der Waals surface area (Å²) in [5.74, 6) is 1.42. The zero-order chi connectivity index (χ0) is 13.8. The Morgan fingerprint density at radius 1 is 1.26 bits per heavy atom. The second kappa shape index (κ2) is 6.02. The normalized spacial score (nSPS) is 12.6. The molecule has 0 fully saturated rings. The predicted molar refractivity (Wildman–Crippen MR) is 75.7 cm³/mol. The van der Waals surface area contributed by atoms with Gasteiger partial charge < -0.3 is 9.73 Å². The molecule has 2 aromatic rings. The van der Waals surface area contributed by atoms with Crippen LogP contribution in [0.4, 0.5) is 4.39 Å². The van der Waals surface area contributed by atoms with Gasteiger partial charge in [0.1, 0.15) is 17.3 Å². The molecule has 0 saturated heterocycles. The van der Waals surface area contributed by atoms with Crippen LogP contribution >= 0.6 is 0 Å². The summed E-state index contributed by atoms with van der Waals surface area (Å²) in [5.41, 5.74) is 1.69. The first-order chi connectivity index (χ1) is 9.08. The lowest BCUT2D eigenvalue weighted by atomic mass is 10.1. The molecule has 0 radical (unpaired) electrons. The minimum atomic E-state index is -0.228. The Bertz CT molecular complexity index is 527. The van der Waals surface area contributed by atoms with E-state index in [4.69, 9.17) is 4.42 Å². The van der Waals surface area contributed by atoms with Crippen molar-refractivity contribution in [2.45, 2.75) is 33.2 Å². The van der Waals surface area contributed by atoms with Gasteiger partial charge in [-0.25, -0.2) is 4.39 Å². The number of aryl methyl sites for hydroxylation is 1. The van der Waals surface area contributed by atoms with Gasteiger partial charge in [-0.15, -0.1) is 0 Å². The van der Waals surface area contributed by atoms with E-state index in [9.17, 15) is 4.39 Å². The number of nitrogens with one attached hydrogen (secondary N) is 1. The van der Waals surface area contributed by atoms with Crippen molar-refractivity contribution >= 4 is 0 Å². The Morgan fingerprint density at radius 3 is 2.74 bits per heavy atom. The molecular formula is C16H20FNO. The molecule has 102 valence electrons. The molecule has 0 saturated carbocycles. The Kier molecular flexibility index (Phi) is 4.38. The van der Waals surface area contributed by atoms with Gasteiger partial charge in [0.2, 0.25) is 0 Å². The van der Waals surface area contributed by atoms with E-state index >= 15 is 0 Å². The highest BCUT2D eigenvalue weighted by Gasteiger charge is 2.09. The van der Waals surface area contributed by atoms with E-state index in [1.165, 1.54) is 12.1 Å². The summed E-state index contributed by atoms with van der Waals surface area (Å²) in [6.07, 6.45) is 0.835. The topological polar surface area (TPSA) is 25.2 Å². The molecular weight excluding hydrogens is 241 g/mol. The van der Waals surface area contributed by atoms with Gasteiger partial charge in [-0.1, -0.05) is 6.92 Å². The van der Waals surface area contributed by atoms with E-state index in [-0.39, 0.29) is 5.82 Å². The average molecular weight is 261 g/mol. The summed E-state index contributed by atoms with van der Waals surface area (Å²) in [6, 6.07) is 9.19. The molecule has 1 N–H and O–H groups in total. The number of furan rings is 1. The maximum Gasteiger partial charge on any atom is 0.134 e. The van der Waals surface area contributed by atoms with Crippen LogP contribution in [0.2, 0.25) is 0 Å². The van der Waals surface area contributed by atoms with Crippen LogP contribution in [-0.4, -0.2) is 12.6 Å². The Labute approximate surface area is 113 Å². The fourth-order valence-corrected chi connectivity index (χ4v) is 2.24. The van der Waals surface area contributed by atoms with Crippen molar-refractivity contribution in [3.63, 3.8) is 0 Å². The number of hydrogen-bond acceptors (Lipinski definition) is 2. The third-order valence-corrected chi connectivity index (χ3v) is 3.05. The molecule has 3 heteroatoms. The zero-order valence-corrected chi connectivity index (χ0v) is 11.7. The van der Waals surface area contributed by atoms with Crippen LogP contribution in [0, 0.1) is 12.7 Å². The van der Waals surface area contributed by atoms with Crippen molar-refractivity contribution in [3.8, 4) is 11.3 Å². The summed E-state index contributed by atoms with van der Waals surface area (Å²) in [5, 5.41) is 3.34. The van der Waals surface area contributed by atoms with E-state index in [2.05, 4.69) is 19.2 Å². The molecule has 1 heterocycles. The van der Waals surface area contributed by atoms with Crippen LogP contribution in [0.3, 0.4) is 0 Å². The molecule has 0 aliphatic carbocycles. The van der Waals surface area contributed by atoms with E-state index in [1.54, 1.807) is 0 Å². The molecule has 0 aliphatic rings. The van der Waals surface area contributed by atoms with Gasteiger partial charge in [0.15, 0.2) is 0 Å². The number of benzene rings is 1. The fourth-order valence-electron chi connectivity index (χ4n) is 2.24. The number of halogens is 1. The molecule has 19 heavy (non-hydrogen) atoms. The lowest BCUT2D eigenvalue weighted by Crippen LogP contribution is -2.27. The van der Waals surface area contributed by atoms with E-state index in [0.717, 1.165) is 35.6 Å². The zero-order valence-electron chi connectivity index (χ0n) is 11.7. The minimum absolute atomic E-state index is 0.228. The molecule has 0 spiro atoms. The van der Waals surface area contributed by atoms with Crippen LogP contribution in [0.1, 0.15) is 25.2 Å². The molecule has 2 rings (SSSR count). The summed E-state index contributed by atoms with van der Waals surface area (Å²) in [6.45, 7) is 7.03. The van der Waals surface area contributed by atoms with Gasteiger partial charge in [-0.3, -0.25) is 0 Å². The highest BCUT2D eigenvalue weighted by molar-refractivity contribution is 5.58. The first-order valence-electron chi connectivity index (χ1n) is 6.68. The lowest BCUT2D eigenvalue weighted by Gasteiger charge is -2.09. The highest BCUT2D eigenvalue weighted by atomic mass is 19.1. The predicted octanol–water partition coefficient (Wildman–Crippen LogP) is 3.93. The monoisotopic (exact) mass is 261 g/mol. The van der Waals surface area contributed by atoms with Crippen molar-refractivity contribution in [1.29, 1.82) is 0 Å². The fraction of sp³-hybridized carbons (Fsp3) is 0.375. The second-order valence-electron chi connectivity index (χ2n) is 4.95. The molecule has 0 amide bonds. The largest absolute Gasteiger partial charge is 0.461 e. The highest BCUT2D eigenvalue weighted by Crippen LogP contribution is 2.24. The molecule has 1 aromatic heterocycles. The van der Waals surface area contributed by atoms with Crippen LogP contribution in [0.25, 0.3) is 11.3 Å². The minimum Gasteiger partial charge on any atom is -0.461 e. The maximum atomic E-state index is 13.4. The van der Waals surface area contributed by atoms with Crippen molar-refractivity contribution < 1.29 is 8.81 Å². The second-order valence-corrected chi connectivity index (χ2v) is 4.95. The van der Waals surface area contributed by atoms with Crippen LogP contribution in [0.15, 0.2) is 34.7 Å². The first-order valence-corrected chi connectivity index (χ1v) is 6.68. The molecule has 0 bridgehead atoms. The van der Waals surface area contributed by atoms with Crippen molar-refractivity contribution in [1.82, 2.24) is 5.32 Å². The Morgan fingerprint density at radius 2 is 2.05 bits per heavy atom. The third-order valence-electron chi connectivity index (χ3n) is 3.05. The smallest absolute Gasteiger partial charge is 0.134 e. The van der Waals surface area contributed by atoms with E-state index < -0.39 is 0 Å². The van der Waals surface area contributed by atoms with Crippen LogP contribution < -0.4 is 5.32 Å². The quantitative estimate of drug-likeness (QED) is 0.882. The lowest BCUT2D eigenvalue weighted by molar-refractivity contribution is 0.470. The molecule has 1 atom stereocenters. The first kappa shape index (κ1) is 13.8. The summed E-state index contributed by atoms with van der Waals surface area (Å²) in [4.78, 5) is 0. The Balaban J connectivity index is 2.16.